The van der Waals surface area contributed by atoms with E-state index in [1.54, 1.807) is 34.0 Å². The fourth-order valence-corrected chi connectivity index (χ4v) is 17.8. The Bertz CT molecular complexity index is 5910. The molecule has 5 heterocycles. The van der Waals surface area contributed by atoms with Gasteiger partial charge >= 0.3 is 11.9 Å². The summed E-state index contributed by atoms with van der Waals surface area (Å²) in [6, 6.07) is 54.5. The zero-order chi connectivity index (χ0) is 83.1. The number of fused-ring (bicyclic) bond motifs is 3. The van der Waals surface area contributed by atoms with Gasteiger partial charge < -0.3 is 29.2 Å². The third-order valence-corrected chi connectivity index (χ3v) is 23.7. The van der Waals surface area contributed by atoms with Crippen LogP contribution in [0.2, 0.25) is 15.1 Å². The molecule has 0 radical (unpaired) electrons. The number of hydrogen-bond donors (Lipinski definition) is 2. The highest BCUT2D eigenvalue weighted by Gasteiger charge is 2.35. The van der Waals surface area contributed by atoms with Crippen LogP contribution in [-0.4, -0.2) is 86.7 Å². The molecule has 21 heteroatoms. The number of ether oxygens (including phenoxy) is 4. The van der Waals surface area contributed by atoms with Gasteiger partial charge in [0.25, 0.3) is 0 Å². The molecule has 2 N–H and O–H groups in total. The van der Waals surface area contributed by atoms with Gasteiger partial charge in [0.2, 0.25) is 0 Å². The van der Waals surface area contributed by atoms with Gasteiger partial charge in [0.15, 0.2) is 6.10 Å². The lowest BCUT2D eigenvalue weighted by Crippen LogP contribution is -2.30. The lowest BCUT2D eigenvalue weighted by Gasteiger charge is -2.31. The number of aliphatic hydroxyl groups excluding tert-OH is 1. The second kappa shape index (κ2) is 34.5. The molecule has 0 amide bonds. The van der Waals surface area contributed by atoms with E-state index in [1.807, 2.05) is 224 Å². The van der Waals surface area contributed by atoms with Gasteiger partial charge in [-0.25, -0.2) is 19.7 Å². The van der Waals surface area contributed by atoms with E-state index >= 15 is 0 Å². The number of carboxylic acid groups (broad SMARTS) is 1. The fraction of sp³-hybridized carbons (Fsp3) is 0.309. The number of aromatic nitrogens is 7. The topological polar surface area (TPSA) is 186 Å². The number of carboxylic acids is 1. The van der Waals surface area contributed by atoms with E-state index in [2.05, 4.69) is 111 Å². The van der Waals surface area contributed by atoms with Crippen LogP contribution in [-0.2, 0) is 42.6 Å². The Balaban J connectivity index is 0.000000159. The van der Waals surface area contributed by atoms with Crippen LogP contribution in [0.5, 0.6) is 0 Å². The van der Waals surface area contributed by atoms with E-state index in [0.717, 1.165) is 157 Å². The van der Waals surface area contributed by atoms with Crippen molar-refractivity contribution in [1.29, 1.82) is 0 Å². The maximum atomic E-state index is 12.7. The first-order valence-electron chi connectivity index (χ1n) is 38.1. The summed E-state index contributed by atoms with van der Waals surface area (Å²) in [7, 11) is 3.89. The molecule has 9 aromatic carbocycles. The molecule has 596 valence electrons. The number of rotatable bonds is 18. The standard InChI is InChI=1S/C32H36ClNO3S.C31H30ClN3O3S.C31H32ClN3O2S/c1-19-10-9-11-22(16-19)29-34-24-17-20(2)26(27(28(24)38-29)21-12-14-23(33)15-13-21)25(37-32(6,7)8)18-36-30(35)31(3,4)5;1-17-14-24-28(39-29(34-24)21-9-7-8-20(15-21)23-16-33-35(6)18(23)2)26(19-10-12-22(32)13-11-19)25(17)27(30(36)37)38-31(3,4)5;1-18-14-25-29(28(20-10-12-23(32)13-11-20)27(18)26(17-36)37-31(3,4)5)38-30(34-25)22-9-7-8-21(15-22)24-16-33-35(6)19(24)2/h9-17,25H,18H2,1-8H3;7-16,27H,1-6H3,(H,36,37);7-16,26,36H,17H2,1-6H3/t25-;27-;26-/m101/s1. The van der Waals surface area contributed by atoms with Crippen LogP contribution in [0.1, 0.15) is 152 Å². The van der Waals surface area contributed by atoms with Crippen molar-refractivity contribution in [3.8, 4) is 87.3 Å². The molecule has 0 saturated carbocycles. The zero-order valence-corrected chi connectivity index (χ0v) is 73.4. The molecule has 0 aliphatic rings. The number of aryl methyl sites for hydroxylation is 6. The monoisotopic (exact) mass is 1650 g/mol. The van der Waals surface area contributed by atoms with Crippen LogP contribution in [0, 0.1) is 47.0 Å². The smallest absolute Gasteiger partial charge is 0.337 e. The summed E-state index contributed by atoms with van der Waals surface area (Å²) in [4.78, 5) is 40.4. The van der Waals surface area contributed by atoms with Gasteiger partial charge in [-0.2, -0.15) is 10.2 Å². The van der Waals surface area contributed by atoms with Crippen molar-refractivity contribution >= 4 is 111 Å². The third kappa shape index (κ3) is 19.7. The first-order valence-corrected chi connectivity index (χ1v) is 41.7. The van der Waals surface area contributed by atoms with Crippen LogP contribution in [0.25, 0.3) is 118 Å². The van der Waals surface area contributed by atoms with Gasteiger partial charge in [-0.3, -0.25) is 14.2 Å². The van der Waals surface area contributed by atoms with Gasteiger partial charge in [0.1, 0.15) is 33.8 Å². The Labute approximate surface area is 700 Å². The number of thiazole rings is 3. The van der Waals surface area contributed by atoms with Gasteiger partial charge in [-0.1, -0.05) is 131 Å². The first kappa shape index (κ1) is 85.1. The number of carbonyl (C=O) groups excluding carboxylic acids is 1. The first-order chi connectivity index (χ1) is 54.2. The average molecular weight is 1660 g/mol. The van der Waals surface area contributed by atoms with Crippen LogP contribution in [0.3, 0.4) is 0 Å². The van der Waals surface area contributed by atoms with E-state index in [0.29, 0.717) is 20.6 Å². The summed E-state index contributed by atoms with van der Waals surface area (Å²) in [6.45, 7) is 35.5. The minimum Gasteiger partial charge on any atom is -0.479 e. The van der Waals surface area contributed by atoms with Crippen LogP contribution < -0.4 is 0 Å². The Morgan fingerprint density at radius 1 is 0.435 bits per heavy atom. The molecule has 0 spiro atoms. The highest BCUT2D eigenvalue weighted by molar-refractivity contribution is 7.23. The van der Waals surface area contributed by atoms with Crippen LogP contribution >= 0.6 is 68.8 Å². The largest absolute Gasteiger partial charge is 0.479 e. The third-order valence-electron chi connectivity index (χ3n) is 19.5. The summed E-state index contributed by atoms with van der Waals surface area (Å²) in [5, 5.41) is 34.2. The second-order valence-electron chi connectivity index (χ2n) is 33.1. The molecular weight excluding hydrogens is 1560 g/mol. The number of carbonyl (C=O) groups is 2. The molecule has 3 atom stereocenters. The normalized spacial score (nSPS) is 12.9. The van der Waals surface area contributed by atoms with E-state index in [-0.39, 0.29) is 19.2 Å². The van der Waals surface area contributed by atoms with Gasteiger partial charge in [0, 0.05) is 90.6 Å². The van der Waals surface area contributed by atoms with Crippen molar-refractivity contribution in [1.82, 2.24) is 34.5 Å². The second-order valence-corrected chi connectivity index (χ2v) is 37.4. The van der Waals surface area contributed by atoms with E-state index < -0.39 is 46.5 Å². The van der Waals surface area contributed by atoms with Crippen LogP contribution in [0.4, 0.5) is 0 Å². The van der Waals surface area contributed by atoms with Crippen molar-refractivity contribution in [3.63, 3.8) is 0 Å². The molecule has 0 unspecified atom stereocenters. The van der Waals surface area contributed by atoms with Gasteiger partial charge in [-0.15, -0.1) is 34.0 Å². The Morgan fingerprint density at radius 3 is 1.11 bits per heavy atom. The Kier molecular flexibility index (Phi) is 25.5. The summed E-state index contributed by atoms with van der Waals surface area (Å²) in [5.74, 6) is -1.29. The van der Waals surface area contributed by atoms with Crippen molar-refractivity contribution in [2.24, 2.45) is 19.5 Å². The van der Waals surface area contributed by atoms with Crippen molar-refractivity contribution in [3.05, 3.63) is 242 Å². The maximum Gasteiger partial charge on any atom is 0.337 e. The van der Waals surface area contributed by atoms with E-state index in [1.165, 1.54) is 5.56 Å². The van der Waals surface area contributed by atoms with E-state index in [4.69, 9.17) is 68.7 Å². The SMILES string of the molecule is Cc1cc2nc(-c3cccc(-c4cnn(C)c4C)c3)sc2c(-c2ccc(Cl)cc2)c1[C@@H](CO)OC(C)(C)C.Cc1cc2nc(-c3cccc(-c4cnn(C)c4C)c3)sc2c(-c2ccc(Cl)cc2)c1[C@H](OC(C)(C)C)C(=O)O.Cc1cccc(-c2nc3cc(C)c([C@@H](COC(=O)C(C)(C)C)OC(C)(C)C)c(-c4ccc(Cl)cc4)c3s2)c1. The molecule has 0 saturated heterocycles. The summed E-state index contributed by atoms with van der Waals surface area (Å²) in [5.41, 5.74) is 22.6. The van der Waals surface area contributed by atoms with Crippen molar-refractivity contribution in [2.75, 3.05) is 13.2 Å². The number of hydrogen-bond acceptors (Lipinski definition) is 15. The number of esters is 1. The molecule has 0 fully saturated rings. The molecule has 14 rings (SSSR count). The molecule has 15 nitrogen and oxygen atoms in total. The number of nitrogens with zero attached hydrogens (tertiary/aromatic N) is 7. The zero-order valence-electron chi connectivity index (χ0n) is 68.7. The number of aliphatic hydroxyl groups is 1. The summed E-state index contributed by atoms with van der Waals surface area (Å²) < 4.78 is 31.7. The average Bonchev–Trinajstić information content (AvgIpc) is 1.67. The summed E-state index contributed by atoms with van der Waals surface area (Å²) >= 11 is 23.6. The number of benzene rings is 9. The van der Waals surface area contributed by atoms with Gasteiger partial charge in [-0.05, 0) is 253 Å². The molecular formula is C94H98Cl3N7O8S3. The molecule has 0 aliphatic heterocycles. The molecule has 14 aromatic rings. The lowest BCUT2D eigenvalue weighted by molar-refractivity contribution is -0.162. The fourth-order valence-electron chi connectivity index (χ4n) is 14.0. The highest BCUT2D eigenvalue weighted by Crippen LogP contribution is 2.49. The quantitative estimate of drug-likeness (QED) is 0.0774. The number of halogens is 3. The minimum atomic E-state index is -1.15. The Hall–Kier alpha value is -9.28. The predicted octanol–water partition coefficient (Wildman–Crippen LogP) is 25.7. The van der Waals surface area contributed by atoms with Crippen molar-refractivity contribution < 1.29 is 38.7 Å². The molecule has 115 heavy (non-hydrogen) atoms. The minimum absolute atomic E-state index is 0.115. The predicted molar refractivity (Wildman–Crippen MR) is 475 cm³/mol. The summed E-state index contributed by atoms with van der Waals surface area (Å²) in [6.07, 6.45) is 1.68. The number of aliphatic carboxylic acids is 1. The molecule has 0 aliphatic carbocycles. The van der Waals surface area contributed by atoms with E-state index in [9.17, 15) is 19.8 Å². The van der Waals surface area contributed by atoms with Crippen LogP contribution in [0.15, 0.2) is 176 Å². The van der Waals surface area contributed by atoms with Gasteiger partial charge in [0.05, 0.1) is 71.9 Å². The maximum absolute atomic E-state index is 12.7. The highest BCUT2D eigenvalue weighted by atomic mass is 35.5. The van der Waals surface area contributed by atoms with Crippen molar-refractivity contribution in [2.45, 2.75) is 160 Å². The Morgan fingerprint density at radius 2 is 0.774 bits per heavy atom. The lowest BCUT2D eigenvalue weighted by atomic mass is 9.91. The molecule has 5 aromatic heterocycles. The molecule has 0 bridgehead atoms.